The number of rotatable bonds is 1. The van der Waals surface area contributed by atoms with Gasteiger partial charge >= 0.3 is 0 Å². The zero-order chi connectivity index (χ0) is 15.1. The van der Waals surface area contributed by atoms with Crippen molar-refractivity contribution in [2.75, 3.05) is 5.32 Å². The van der Waals surface area contributed by atoms with Crippen molar-refractivity contribution in [3.05, 3.63) is 56.0 Å². The predicted molar refractivity (Wildman–Crippen MR) is 90.2 cm³/mol. The molecule has 0 atom stereocenters. The van der Waals surface area contributed by atoms with Gasteiger partial charge in [-0.25, -0.2) is 4.99 Å². The monoisotopic (exact) mass is 382 g/mol. The highest BCUT2D eigenvalue weighted by molar-refractivity contribution is 9.10. The van der Waals surface area contributed by atoms with Gasteiger partial charge in [-0.15, -0.1) is 0 Å². The molecule has 3 nitrogen and oxygen atoms in total. The zero-order valence-electron chi connectivity index (χ0n) is 10.9. The van der Waals surface area contributed by atoms with Crippen LogP contribution in [0.3, 0.4) is 0 Å². The van der Waals surface area contributed by atoms with Gasteiger partial charge in [0.25, 0.3) is 5.91 Å². The lowest BCUT2D eigenvalue weighted by atomic mass is 10.1. The second-order valence-corrected chi connectivity index (χ2v) is 6.30. The lowest BCUT2D eigenvalue weighted by Gasteiger charge is -2.04. The molecule has 0 aliphatic carbocycles. The number of para-hydroxylation sites is 1. The smallest absolute Gasteiger partial charge is 0.275 e. The first-order valence-corrected chi connectivity index (χ1v) is 7.67. The maximum Gasteiger partial charge on any atom is 0.275 e. The molecule has 0 saturated heterocycles. The second-order valence-electron chi connectivity index (χ2n) is 4.63. The Balaban J connectivity index is 2.16. The molecule has 0 spiro atoms. The summed E-state index contributed by atoms with van der Waals surface area (Å²) in [5.74, 6) is -0.267. The van der Waals surface area contributed by atoms with E-state index in [0.717, 1.165) is 10.0 Å². The number of nitrogens with one attached hydrogen (secondary N) is 1. The summed E-state index contributed by atoms with van der Waals surface area (Å²) in [6.07, 6.45) is 0. The fourth-order valence-electron chi connectivity index (χ4n) is 2.13. The number of anilines is 1. The molecule has 2 aromatic rings. The third-order valence-corrected chi connectivity index (χ3v) is 4.71. The molecule has 2 aromatic carbocycles. The highest BCUT2D eigenvalue weighted by Crippen LogP contribution is 2.35. The normalized spacial score (nSPS) is 15.2. The SMILES string of the molecule is Cc1cc(Br)c(Cl)cc1N=C1C(=O)Nc2c(Cl)cccc21. The number of nitrogens with zero attached hydrogens (tertiary/aromatic N) is 1. The Morgan fingerprint density at radius 2 is 1.95 bits per heavy atom. The minimum atomic E-state index is -0.267. The van der Waals surface area contributed by atoms with Crippen molar-refractivity contribution < 1.29 is 4.79 Å². The molecule has 106 valence electrons. The van der Waals surface area contributed by atoms with Crippen LogP contribution < -0.4 is 5.32 Å². The van der Waals surface area contributed by atoms with Crippen LogP contribution >= 0.6 is 39.1 Å². The third-order valence-electron chi connectivity index (χ3n) is 3.19. The van der Waals surface area contributed by atoms with Crippen LogP contribution in [0.1, 0.15) is 11.1 Å². The number of aliphatic imine (C=N–C) groups is 1. The van der Waals surface area contributed by atoms with E-state index in [1.54, 1.807) is 18.2 Å². The molecule has 0 bridgehead atoms. The average Bonchev–Trinajstić information content (AvgIpc) is 2.74. The van der Waals surface area contributed by atoms with Gasteiger partial charge in [0.15, 0.2) is 0 Å². The third kappa shape index (κ3) is 2.59. The molecule has 3 rings (SSSR count). The van der Waals surface area contributed by atoms with Crippen LogP contribution in [0.15, 0.2) is 39.8 Å². The standard InChI is InChI=1S/C15H9BrCl2N2O/c1-7-5-9(16)11(18)6-12(7)19-14-8-3-2-4-10(17)13(8)20-15(14)21/h2-6H,1H3,(H,19,20,21). The Morgan fingerprint density at radius 3 is 2.71 bits per heavy atom. The molecule has 1 aliphatic rings. The fourth-order valence-corrected chi connectivity index (χ4v) is 2.97. The summed E-state index contributed by atoms with van der Waals surface area (Å²) in [5.41, 5.74) is 3.21. The Bertz CT molecular complexity index is 803. The highest BCUT2D eigenvalue weighted by Gasteiger charge is 2.27. The topological polar surface area (TPSA) is 41.5 Å². The van der Waals surface area contributed by atoms with Gasteiger partial charge in [-0.3, -0.25) is 4.79 Å². The van der Waals surface area contributed by atoms with Crippen LogP contribution in [0.25, 0.3) is 0 Å². The maximum atomic E-state index is 12.1. The van der Waals surface area contributed by atoms with Gasteiger partial charge < -0.3 is 5.32 Å². The van der Waals surface area contributed by atoms with Gasteiger partial charge in [0.05, 0.1) is 21.4 Å². The number of benzene rings is 2. The molecule has 0 fully saturated rings. The number of carbonyl (C=O) groups is 1. The maximum absolute atomic E-state index is 12.1. The predicted octanol–water partition coefficient (Wildman–Crippen LogP) is 5.14. The van der Waals surface area contributed by atoms with E-state index in [0.29, 0.717) is 32.7 Å². The fraction of sp³-hybridized carbons (Fsp3) is 0.0667. The van der Waals surface area contributed by atoms with E-state index in [-0.39, 0.29) is 5.91 Å². The first-order valence-electron chi connectivity index (χ1n) is 6.12. The van der Waals surface area contributed by atoms with Gasteiger partial charge in [0, 0.05) is 10.0 Å². The zero-order valence-corrected chi connectivity index (χ0v) is 14.0. The molecule has 1 aliphatic heterocycles. The molecule has 0 aromatic heterocycles. The van der Waals surface area contributed by atoms with Crippen LogP contribution in [-0.4, -0.2) is 11.6 Å². The van der Waals surface area contributed by atoms with Gasteiger partial charge in [0.2, 0.25) is 0 Å². The number of hydrogen-bond donors (Lipinski definition) is 1. The number of fused-ring (bicyclic) bond motifs is 1. The van der Waals surface area contributed by atoms with Crippen LogP contribution in [0.4, 0.5) is 11.4 Å². The number of aryl methyl sites for hydroxylation is 1. The van der Waals surface area contributed by atoms with Crippen molar-refractivity contribution in [1.29, 1.82) is 0 Å². The summed E-state index contributed by atoms with van der Waals surface area (Å²) < 4.78 is 0.796. The van der Waals surface area contributed by atoms with Crippen LogP contribution in [0, 0.1) is 6.92 Å². The van der Waals surface area contributed by atoms with E-state index < -0.39 is 0 Å². The molecular weight excluding hydrogens is 375 g/mol. The summed E-state index contributed by atoms with van der Waals surface area (Å²) in [6.45, 7) is 1.91. The lowest BCUT2D eigenvalue weighted by Crippen LogP contribution is -2.14. The number of halogens is 3. The number of amides is 1. The molecule has 0 unspecified atom stereocenters. The van der Waals surface area contributed by atoms with Crippen LogP contribution in [0.5, 0.6) is 0 Å². The van der Waals surface area contributed by atoms with E-state index in [2.05, 4.69) is 26.2 Å². The van der Waals surface area contributed by atoms with Gasteiger partial charge in [-0.05, 0) is 46.6 Å². The van der Waals surface area contributed by atoms with Crippen LogP contribution in [0.2, 0.25) is 10.0 Å². The summed E-state index contributed by atoms with van der Waals surface area (Å²) in [5, 5.41) is 3.78. The van der Waals surface area contributed by atoms with Crippen LogP contribution in [-0.2, 0) is 4.79 Å². The number of hydrogen-bond acceptors (Lipinski definition) is 2. The first-order chi connectivity index (χ1) is 9.97. The van der Waals surface area contributed by atoms with E-state index in [1.807, 2.05) is 19.1 Å². The van der Waals surface area contributed by atoms with Crippen molar-refractivity contribution in [2.24, 2.45) is 4.99 Å². The average molecular weight is 384 g/mol. The molecule has 1 N–H and O–H groups in total. The lowest BCUT2D eigenvalue weighted by molar-refractivity contribution is -0.110. The van der Waals surface area contributed by atoms with Gasteiger partial charge in [-0.1, -0.05) is 35.3 Å². The summed E-state index contributed by atoms with van der Waals surface area (Å²) >= 11 is 15.5. The van der Waals surface area contributed by atoms with E-state index in [1.165, 1.54) is 0 Å². The van der Waals surface area contributed by atoms with Crippen molar-refractivity contribution in [3.8, 4) is 0 Å². The van der Waals surface area contributed by atoms with Gasteiger partial charge in [-0.2, -0.15) is 0 Å². The van der Waals surface area contributed by atoms with Gasteiger partial charge in [0.1, 0.15) is 5.71 Å². The minimum absolute atomic E-state index is 0.267. The molecule has 1 amide bonds. The molecular formula is C15H9BrCl2N2O. The second kappa shape index (κ2) is 5.44. The Labute approximate surface area is 140 Å². The van der Waals surface area contributed by atoms with E-state index in [4.69, 9.17) is 23.2 Å². The number of carbonyl (C=O) groups excluding carboxylic acids is 1. The Hall–Kier alpha value is -1.36. The molecule has 0 saturated carbocycles. The quantitative estimate of drug-likeness (QED) is 0.727. The van der Waals surface area contributed by atoms with E-state index in [9.17, 15) is 4.79 Å². The van der Waals surface area contributed by atoms with Crippen molar-refractivity contribution in [1.82, 2.24) is 0 Å². The van der Waals surface area contributed by atoms with Crippen molar-refractivity contribution in [2.45, 2.75) is 6.92 Å². The first kappa shape index (κ1) is 14.6. The largest absolute Gasteiger partial charge is 0.319 e. The highest BCUT2D eigenvalue weighted by atomic mass is 79.9. The molecule has 6 heteroatoms. The Morgan fingerprint density at radius 1 is 1.19 bits per heavy atom. The summed E-state index contributed by atoms with van der Waals surface area (Å²) in [4.78, 5) is 16.6. The molecule has 21 heavy (non-hydrogen) atoms. The molecule has 0 radical (unpaired) electrons. The summed E-state index contributed by atoms with van der Waals surface area (Å²) in [6, 6.07) is 8.93. The van der Waals surface area contributed by atoms with E-state index >= 15 is 0 Å². The summed E-state index contributed by atoms with van der Waals surface area (Å²) in [7, 11) is 0. The van der Waals surface area contributed by atoms with Crippen molar-refractivity contribution >= 4 is 62.1 Å². The Kier molecular flexibility index (Phi) is 3.78. The van der Waals surface area contributed by atoms with Crippen molar-refractivity contribution in [3.63, 3.8) is 0 Å². The molecule has 1 heterocycles. The minimum Gasteiger partial charge on any atom is -0.319 e.